The third-order valence-electron chi connectivity index (χ3n) is 3.33. The Morgan fingerprint density at radius 1 is 1.35 bits per heavy atom. The first-order valence-electron chi connectivity index (χ1n) is 6.83. The molecule has 0 fully saturated rings. The van der Waals surface area contributed by atoms with E-state index in [-0.39, 0.29) is 23.7 Å². The van der Waals surface area contributed by atoms with Crippen LogP contribution in [0.3, 0.4) is 0 Å². The minimum absolute atomic E-state index is 0.123. The van der Waals surface area contributed by atoms with Crippen LogP contribution >= 0.6 is 0 Å². The van der Waals surface area contributed by atoms with Crippen LogP contribution in [-0.2, 0) is 11.2 Å². The average molecular weight is 318 g/mol. The third-order valence-corrected chi connectivity index (χ3v) is 3.33. The maximum atomic E-state index is 12.9. The summed E-state index contributed by atoms with van der Waals surface area (Å²) in [6.07, 6.45) is 2.84. The first-order chi connectivity index (χ1) is 11.0. The number of amides is 1. The molecule has 0 aliphatic carbocycles. The third kappa shape index (κ3) is 4.47. The molecule has 120 valence electrons. The fourth-order valence-corrected chi connectivity index (χ4v) is 2.09. The second-order valence-corrected chi connectivity index (χ2v) is 4.96. The number of pyridine rings is 1. The molecule has 2 aromatic rings. The van der Waals surface area contributed by atoms with Crippen molar-refractivity contribution >= 4 is 17.3 Å². The molecule has 2 rings (SSSR count). The lowest BCUT2D eigenvalue weighted by molar-refractivity contribution is -0.384. The molecule has 1 amide bonds. The van der Waals surface area contributed by atoms with Crippen molar-refractivity contribution in [2.24, 2.45) is 11.7 Å². The molecular formula is C15H15FN4O3. The highest BCUT2D eigenvalue weighted by Gasteiger charge is 2.19. The largest absolute Gasteiger partial charge is 0.379 e. The van der Waals surface area contributed by atoms with Crippen molar-refractivity contribution in [1.29, 1.82) is 0 Å². The van der Waals surface area contributed by atoms with Gasteiger partial charge in [0, 0.05) is 12.7 Å². The van der Waals surface area contributed by atoms with Crippen LogP contribution in [0.5, 0.6) is 0 Å². The van der Waals surface area contributed by atoms with E-state index in [4.69, 9.17) is 5.73 Å². The Morgan fingerprint density at radius 2 is 2.04 bits per heavy atom. The van der Waals surface area contributed by atoms with Gasteiger partial charge < -0.3 is 11.1 Å². The number of nitrogens with zero attached hydrogens (tertiary/aromatic N) is 2. The van der Waals surface area contributed by atoms with Crippen LogP contribution in [0.1, 0.15) is 5.56 Å². The van der Waals surface area contributed by atoms with Gasteiger partial charge in [-0.05, 0) is 30.2 Å². The first-order valence-corrected chi connectivity index (χ1v) is 6.83. The number of hydrogen-bond acceptors (Lipinski definition) is 5. The van der Waals surface area contributed by atoms with E-state index in [2.05, 4.69) is 10.3 Å². The number of halogens is 1. The van der Waals surface area contributed by atoms with Gasteiger partial charge in [-0.3, -0.25) is 19.9 Å². The number of carbonyl (C=O) groups excluding carboxylic acids is 1. The van der Waals surface area contributed by atoms with Crippen molar-refractivity contribution in [2.75, 3.05) is 11.9 Å². The van der Waals surface area contributed by atoms with Gasteiger partial charge in [0.15, 0.2) is 0 Å². The number of nitrogens with two attached hydrogens (primary N) is 1. The molecule has 8 heteroatoms. The normalized spacial score (nSPS) is 11.7. The highest BCUT2D eigenvalue weighted by atomic mass is 19.1. The number of primary amides is 1. The molecule has 1 unspecified atom stereocenters. The van der Waals surface area contributed by atoms with Crippen LogP contribution in [0.15, 0.2) is 42.7 Å². The minimum atomic E-state index is -0.590. The molecular weight excluding hydrogens is 303 g/mol. The zero-order chi connectivity index (χ0) is 16.8. The van der Waals surface area contributed by atoms with Gasteiger partial charge in [-0.25, -0.2) is 4.39 Å². The van der Waals surface area contributed by atoms with E-state index in [1.54, 1.807) is 12.1 Å². The summed E-state index contributed by atoms with van der Waals surface area (Å²) in [5.74, 6) is -1.50. The molecule has 1 atom stereocenters. The molecule has 0 spiro atoms. The van der Waals surface area contributed by atoms with E-state index in [1.807, 2.05) is 0 Å². The molecule has 7 nitrogen and oxygen atoms in total. The smallest absolute Gasteiger partial charge is 0.310 e. The quantitative estimate of drug-likeness (QED) is 0.598. The number of anilines is 1. The number of aromatic nitrogens is 1. The number of benzene rings is 1. The van der Waals surface area contributed by atoms with Gasteiger partial charge in [-0.15, -0.1) is 0 Å². The van der Waals surface area contributed by atoms with E-state index < -0.39 is 16.7 Å². The summed E-state index contributed by atoms with van der Waals surface area (Å²) in [7, 11) is 0. The summed E-state index contributed by atoms with van der Waals surface area (Å²) in [6.45, 7) is 0.123. The second kappa shape index (κ2) is 7.30. The van der Waals surface area contributed by atoms with Crippen molar-refractivity contribution in [3.8, 4) is 0 Å². The van der Waals surface area contributed by atoms with Crippen molar-refractivity contribution < 1.29 is 14.1 Å². The monoisotopic (exact) mass is 318 g/mol. The van der Waals surface area contributed by atoms with Gasteiger partial charge in [-0.2, -0.15) is 0 Å². The average Bonchev–Trinajstić information content (AvgIpc) is 2.53. The Labute approximate surface area is 131 Å². The topological polar surface area (TPSA) is 111 Å². The predicted octanol–water partition coefficient (Wildman–Crippen LogP) is 1.88. The van der Waals surface area contributed by atoms with E-state index >= 15 is 0 Å². The van der Waals surface area contributed by atoms with Crippen LogP contribution in [0.25, 0.3) is 0 Å². The molecule has 3 N–H and O–H groups in total. The van der Waals surface area contributed by atoms with Gasteiger partial charge in [0.1, 0.15) is 17.7 Å². The van der Waals surface area contributed by atoms with Gasteiger partial charge in [0.25, 0.3) is 0 Å². The molecule has 0 radical (unpaired) electrons. The highest BCUT2D eigenvalue weighted by Crippen LogP contribution is 2.22. The van der Waals surface area contributed by atoms with Crippen LogP contribution in [-0.4, -0.2) is 22.4 Å². The summed E-state index contributed by atoms with van der Waals surface area (Å²) < 4.78 is 12.9. The SMILES string of the molecule is NC(=O)C(CNc1ccncc1[N+](=O)[O-])Cc1ccc(F)cc1. The van der Waals surface area contributed by atoms with Crippen molar-refractivity contribution in [1.82, 2.24) is 4.98 Å². The van der Waals surface area contributed by atoms with Crippen LogP contribution < -0.4 is 11.1 Å². The highest BCUT2D eigenvalue weighted by molar-refractivity contribution is 5.78. The lowest BCUT2D eigenvalue weighted by Crippen LogP contribution is -2.31. The van der Waals surface area contributed by atoms with E-state index in [9.17, 15) is 19.3 Å². The van der Waals surface area contributed by atoms with Gasteiger partial charge in [0.2, 0.25) is 5.91 Å². The Hall–Kier alpha value is -3.03. The maximum absolute atomic E-state index is 12.9. The Morgan fingerprint density at radius 3 is 2.65 bits per heavy atom. The van der Waals surface area contributed by atoms with Gasteiger partial charge in [-0.1, -0.05) is 12.1 Å². The molecule has 0 bridgehead atoms. The molecule has 1 aromatic carbocycles. The minimum Gasteiger partial charge on any atom is -0.379 e. The first kappa shape index (κ1) is 16.3. The summed E-state index contributed by atoms with van der Waals surface area (Å²) in [5.41, 5.74) is 6.21. The summed E-state index contributed by atoms with van der Waals surface area (Å²) in [4.78, 5) is 25.6. The lowest BCUT2D eigenvalue weighted by atomic mass is 9.98. The molecule has 1 aromatic heterocycles. The second-order valence-electron chi connectivity index (χ2n) is 4.96. The van der Waals surface area contributed by atoms with Crippen molar-refractivity contribution in [2.45, 2.75) is 6.42 Å². The van der Waals surface area contributed by atoms with Crippen LogP contribution in [0, 0.1) is 21.8 Å². The number of rotatable bonds is 7. The van der Waals surface area contributed by atoms with E-state index in [1.165, 1.54) is 24.4 Å². The van der Waals surface area contributed by atoms with Gasteiger partial charge >= 0.3 is 5.69 Å². The fraction of sp³-hybridized carbons (Fsp3) is 0.200. The standard InChI is InChI=1S/C15H15FN4O3/c16-12-3-1-10(2-4-12)7-11(15(17)21)8-19-13-5-6-18-9-14(13)20(22)23/h1-6,9,11H,7-8H2,(H2,17,21)(H,18,19). The molecule has 0 aliphatic rings. The molecule has 0 aliphatic heterocycles. The summed E-state index contributed by atoms with van der Waals surface area (Å²) in [6, 6.07) is 7.19. The molecule has 23 heavy (non-hydrogen) atoms. The number of nitrogens with one attached hydrogen (secondary N) is 1. The summed E-state index contributed by atoms with van der Waals surface area (Å²) in [5, 5.41) is 13.8. The Bertz CT molecular complexity index is 706. The van der Waals surface area contributed by atoms with Crippen LogP contribution in [0.4, 0.5) is 15.8 Å². The van der Waals surface area contributed by atoms with Crippen molar-refractivity contribution in [3.05, 3.63) is 64.2 Å². The molecule has 1 heterocycles. The summed E-state index contributed by atoms with van der Waals surface area (Å²) >= 11 is 0. The van der Waals surface area contributed by atoms with Crippen LogP contribution in [0.2, 0.25) is 0 Å². The molecule has 0 saturated carbocycles. The Balaban J connectivity index is 2.07. The number of carbonyl (C=O) groups is 1. The molecule has 0 saturated heterocycles. The number of hydrogen-bond donors (Lipinski definition) is 2. The van der Waals surface area contributed by atoms with Crippen molar-refractivity contribution in [3.63, 3.8) is 0 Å². The predicted molar refractivity (Wildman–Crippen MR) is 82.2 cm³/mol. The van der Waals surface area contributed by atoms with Gasteiger partial charge in [0.05, 0.1) is 10.8 Å². The zero-order valence-corrected chi connectivity index (χ0v) is 12.1. The van der Waals surface area contributed by atoms with E-state index in [0.29, 0.717) is 6.42 Å². The Kier molecular flexibility index (Phi) is 5.19. The maximum Gasteiger partial charge on any atom is 0.310 e. The number of nitro groups is 1. The zero-order valence-electron chi connectivity index (χ0n) is 12.1. The van der Waals surface area contributed by atoms with E-state index in [0.717, 1.165) is 11.8 Å². The lowest BCUT2D eigenvalue weighted by Gasteiger charge is -2.15. The fourth-order valence-electron chi connectivity index (χ4n) is 2.09.